The highest BCUT2D eigenvalue weighted by Crippen LogP contribution is 2.17. The van der Waals surface area contributed by atoms with Crippen molar-refractivity contribution in [2.75, 3.05) is 5.75 Å². The summed E-state index contributed by atoms with van der Waals surface area (Å²) in [6, 6.07) is 0. The van der Waals surface area contributed by atoms with E-state index in [-0.39, 0.29) is 0 Å². The SMILES string of the molecule is c1ncn2c1CSCCC2. The molecule has 1 aliphatic heterocycles. The molecule has 0 radical (unpaired) electrons. The minimum absolute atomic E-state index is 1.14. The van der Waals surface area contributed by atoms with Gasteiger partial charge in [-0.15, -0.1) is 0 Å². The predicted octanol–water partition coefficient (Wildman–Crippen LogP) is 1.52. The zero-order chi connectivity index (χ0) is 6.81. The Labute approximate surface area is 64.6 Å². The van der Waals surface area contributed by atoms with Crippen molar-refractivity contribution in [3.05, 3.63) is 18.2 Å². The summed E-state index contributed by atoms with van der Waals surface area (Å²) < 4.78 is 2.25. The quantitative estimate of drug-likeness (QED) is 0.564. The Morgan fingerprint density at radius 1 is 1.60 bits per heavy atom. The van der Waals surface area contributed by atoms with Crippen LogP contribution in [0, 0.1) is 0 Å². The van der Waals surface area contributed by atoms with Gasteiger partial charge < -0.3 is 4.57 Å². The fraction of sp³-hybridized carbons (Fsp3) is 0.571. The highest BCUT2D eigenvalue weighted by molar-refractivity contribution is 7.98. The molecule has 2 nitrogen and oxygen atoms in total. The molecule has 0 fully saturated rings. The zero-order valence-corrected chi connectivity index (χ0v) is 6.60. The summed E-state index contributed by atoms with van der Waals surface area (Å²) in [6.45, 7) is 1.16. The van der Waals surface area contributed by atoms with Gasteiger partial charge in [-0.2, -0.15) is 11.8 Å². The number of rotatable bonds is 0. The first-order valence-corrected chi connectivity index (χ1v) is 4.69. The number of hydrogen-bond acceptors (Lipinski definition) is 2. The van der Waals surface area contributed by atoms with Gasteiger partial charge in [0.05, 0.1) is 6.33 Å². The van der Waals surface area contributed by atoms with E-state index in [1.54, 1.807) is 0 Å². The maximum Gasteiger partial charge on any atom is 0.0948 e. The van der Waals surface area contributed by atoms with Gasteiger partial charge >= 0.3 is 0 Å². The lowest BCUT2D eigenvalue weighted by molar-refractivity contribution is 0.673. The fourth-order valence-electron chi connectivity index (χ4n) is 1.18. The Morgan fingerprint density at radius 3 is 3.60 bits per heavy atom. The molecule has 10 heavy (non-hydrogen) atoms. The van der Waals surface area contributed by atoms with Gasteiger partial charge in [-0.1, -0.05) is 0 Å². The average molecular weight is 154 g/mol. The lowest BCUT2D eigenvalue weighted by Crippen LogP contribution is -1.97. The van der Waals surface area contributed by atoms with Gasteiger partial charge in [0.1, 0.15) is 0 Å². The van der Waals surface area contributed by atoms with Crippen LogP contribution in [0.2, 0.25) is 0 Å². The van der Waals surface area contributed by atoms with Crippen LogP contribution in [-0.4, -0.2) is 15.3 Å². The molecule has 1 aromatic heterocycles. The molecule has 2 rings (SSSR count). The molecule has 0 atom stereocenters. The maximum absolute atomic E-state index is 4.10. The Kier molecular flexibility index (Phi) is 1.67. The van der Waals surface area contributed by atoms with E-state index in [1.165, 1.54) is 17.9 Å². The van der Waals surface area contributed by atoms with Gasteiger partial charge in [0.2, 0.25) is 0 Å². The van der Waals surface area contributed by atoms with Crippen LogP contribution < -0.4 is 0 Å². The first kappa shape index (κ1) is 6.28. The molecule has 0 aromatic carbocycles. The summed E-state index contributed by atoms with van der Waals surface area (Å²) in [7, 11) is 0. The smallest absolute Gasteiger partial charge is 0.0948 e. The molecule has 0 unspecified atom stereocenters. The highest BCUT2D eigenvalue weighted by atomic mass is 32.2. The van der Waals surface area contributed by atoms with Gasteiger partial charge in [-0.25, -0.2) is 4.98 Å². The van der Waals surface area contributed by atoms with Crippen molar-refractivity contribution in [1.82, 2.24) is 9.55 Å². The molecular weight excluding hydrogens is 144 g/mol. The standard InChI is InChI=1S/C7H10N2S/c1-2-9-6-8-4-7(9)5-10-3-1/h4,6H,1-3,5H2. The lowest BCUT2D eigenvalue weighted by atomic mass is 10.4. The monoisotopic (exact) mass is 154 g/mol. The second-order valence-electron chi connectivity index (χ2n) is 2.48. The molecule has 0 saturated carbocycles. The number of nitrogens with zero attached hydrogens (tertiary/aromatic N) is 2. The molecule has 0 spiro atoms. The van der Waals surface area contributed by atoms with Crippen molar-refractivity contribution in [3.63, 3.8) is 0 Å². The van der Waals surface area contributed by atoms with E-state index in [2.05, 4.69) is 9.55 Å². The van der Waals surface area contributed by atoms with Crippen molar-refractivity contribution in [3.8, 4) is 0 Å². The van der Waals surface area contributed by atoms with Crippen LogP contribution in [0.1, 0.15) is 12.1 Å². The summed E-state index contributed by atoms with van der Waals surface area (Å²) in [5, 5.41) is 0. The first-order valence-electron chi connectivity index (χ1n) is 3.53. The third-order valence-electron chi connectivity index (χ3n) is 1.74. The molecule has 3 heteroatoms. The zero-order valence-electron chi connectivity index (χ0n) is 5.79. The van der Waals surface area contributed by atoms with Crippen molar-refractivity contribution < 1.29 is 0 Å². The van der Waals surface area contributed by atoms with Gasteiger partial charge in [-0.3, -0.25) is 0 Å². The summed E-state index contributed by atoms with van der Waals surface area (Å²) in [6.07, 6.45) is 5.19. The maximum atomic E-state index is 4.10. The van der Waals surface area contributed by atoms with E-state index >= 15 is 0 Å². The van der Waals surface area contributed by atoms with Crippen molar-refractivity contribution in [2.45, 2.75) is 18.7 Å². The topological polar surface area (TPSA) is 17.8 Å². The van der Waals surface area contributed by atoms with Crippen molar-refractivity contribution >= 4 is 11.8 Å². The van der Waals surface area contributed by atoms with Crippen LogP contribution in [-0.2, 0) is 12.3 Å². The summed E-state index contributed by atoms with van der Waals surface area (Å²) >= 11 is 2.00. The van der Waals surface area contributed by atoms with E-state index in [0.717, 1.165) is 12.3 Å². The minimum atomic E-state index is 1.14. The van der Waals surface area contributed by atoms with E-state index in [0.29, 0.717) is 0 Å². The molecule has 0 aliphatic carbocycles. The molecule has 54 valence electrons. The molecular formula is C7H10N2S. The number of aromatic nitrogens is 2. The molecule has 0 bridgehead atoms. The van der Waals surface area contributed by atoms with E-state index in [1.807, 2.05) is 24.3 Å². The van der Waals surface area contributed by atoms with E-state index in [4.69, 9.17) is 0 Å². The van der Waals surface area contributed by atoms with Crippen LogP contribution in [0.5, 0.6) is 0 Å². The second kappa shape index (κ2) is 2.66. The Balaban J connectivity index is 2.28. The summed E-state index contributed by atoms with van der Waals surface area (Å²) in [5.74, 6) is 2.43. The largest absolute Gasteiger partial charge is 0.334 e. The van der Waals surface area contributed by atoms with Crippen LogP contribution in [0.4, 0.5) is 0 Å². The second-order valence-corrected chi connectivity index (χ2v) is 3.59. The Morgan fingerprint density at radius 2 is 2.60 bits per heavy atom. The molecule has 1 aliphatic rings. The van der Waals surface area contributed by atoms with Crippen LogP contribution in [0.25, 0.3) is 0 Å². The fourth-order valence-corrected chi connectivity index (χ4v) is 2.11. The first-order chi connectivity index (χ1) is 4.97. The van der Waals surface area contributed by atoms with Crippen LogP contribution >= 0.6 is 11.8 Å². The predicted molar refractivity (Wildman–Crippen MR) is 43.0 cm³/mol. The van der Waals surface area contributed by atoms with Gasteiger partial charge in [-0.05, 0) is 12.2 Å². The number of aryl methyl sites for hydroxylation is 1. The van der Waals surface area contributed by atoms with Crippen LogP contribution in [0.15, 0.2) is 12.5 Å². The number of imidazole rings is 1. The Bertz CT molecular complexity index is 199. The third-order valence-corrected chi connectivity index (χ3v) is 2.81. The average Bonchev–Trinajstić information content (AvgIpc) is 2.28. The van der Waals surface area contributed by atoms with E-state index in [9.17, 15) is 0 Å². The molecule has 0 N–H and O–H groups in total. The van der Waals surface area contributed by atoms with Crippen molar-refractivity contribution in [1.29, 1.82) is 0 Å². The van der Waals surface area contributed by atoms with E-state index < -0.39 is 0 Å². The molecule has 1 aromatic rings. The van der Waals surface area contributed by atoms with Crippen LogP contribution in [0.3, 0.4) is 0 Å². The minimum Gasteiger partial charge on any atom is -0.334 e. The Hall–Kier alpha value is -0.440. The summed E-state index contributed by atoms with van der Waals surface area (Å²) in [5.41, 5.74) is 1.38. The van der Waals surface area contributed by atoms with Gasteiger partial charge in [0, 0.05) is 24.2 Å². The lowest BCUT2D eigenvalue weighted by Gasteiger charge is -1.98. The summed E-state index contributed by atoms with van der Waals surface area (Å²) in [4.78, 5) is 4.10. The third kappa shape index (κ3) is 1.06. The number of fused-ring (bicyclic) bond motifs is 1. The normalized spacial score (nSPS) is 18.0. The number of hydrogen-bond donors (Lipinski definition) is 0. The highest BCUT2D eigenvalue weighted by Gasteiger charge is 2.05. The number of thioether (sulfide) groups is 1. The molecule has 2 heterocycles. The molecule has 0 saturated heterocycles. The van der Waals surface area contributed by atoms with Gasteiger partial charge in [0.25, 0.3) is 0 Å². The van der Waals surface area contributed by atoms with Crippen molar-refractivity contribution in [2.24, 2.45) is 0 Å². The van der Waals surface area contributed by atoms with Gasteiger partial charge in [0.15, 0.2) is 0 Å². The molecule has 0 amide bonds.